The molecule has 4 nitrogen and oxygen atoms in total. The molecule has 0 fully saturated rings. The summed E-state index contributed by atoms with van der Waals surface area (Å²) in [5.41, 5.74) is 0.643. The normalized spacial score (nSPS) is 10.2. The second-order valence-corrected chi connectivity index (χ2v) is 3.30. The average molecular weight is 223 g/mol. The molecule has 0 aliphatic heterocycles. The van der Waals surface area contributed by atoms with E-state index in [1.54, 1.807) is 24.3 Å². The topological polar surface area (TPSA) is 55.1 Å². The summed E-state index contributed by atoms with van der Waals surface area (Å²) >= 11 is 5.73. The van der Waals surface area contributed by atoms with Crippen LogP contribution in [0.2, 0.25) is 5.02 Å². The summed E-state index contributed by atoms with van der Waals surface area (Å²) in [6.07, 6.45) is 1.32. The van der Waals surface area contributed by atoms with E-state index in [2.05, 4.69) is 5.10 Å². The van der Waals surface area contributed by atoms with Crippen LogP contribution in [0.5, 0.6) is 0 Å². The molecule has 0 bridgehead atoms. The van der Waals surface area contributed by atoms with Crippen LogP contribution in [0.15, 0.2) is 36.5 Å². The monoisotopic (exact) mass is 222 g/mol. The van der Waals surface area contributed by atoms with Crippen LogP contribution in [-0.2, 0) is 0 Å². The van der Waals surface area contributed by atoms with Crippen molar-refractivity contribution in [2.75, 3.05) is 0 Å². The quantitative estimate of drug-likeness (QED) is 0.848. The summed E-state index contributed by atoms with van der Waals surface area (Å²) in [5.74, 6) is -1.10. The van der Waals surface area contributed by atoms with Crippen molar-refractivity contribution in [1.82, 2.24) is 9.78 Å². The Kier molecular flexibility index (Phi) is 2.43. The number of nitrogens with zero attached hydrogens (tertiary/aromatic N) is 2. The largest absolute Gasteiger partial charge is 0.476 e. The molecule has 1 aromatic heterocycles. The number of carboxylic acid groups (broad SMARTS) is 1. The van der Waals surface area contributed by atoms with E-state index >= 15 is 0 Å². The molecule has 1 N–H and O–H groups in total. The summed E-state index contributed by atoms with van der Waals surface area (Å²) in [7, 11) is 0. The number of carboxylic acids is 1. The molecule has 0 saturated heterocycles. The van der Waals surface area contributed by atoms with Gasteiger partial charge in [0.15, 0.2) is 5.69 Å². The lowest BCUT2D eigenvalue weighted by atomic mass is 10.3. The van der Waals surface area contributed by atoms with Crippen LogP contribution in [-0.4, -0.2) is 20.9 Å². The molecule has 0 spiro atoms. The molecule has 76 valence electrons. The first-order valence-corrected chi connectivity index (χ1v) is 4.60. The molecule has 1 heterocycles. The maximum atomic E-state index is 10.9. The van der Waals surface area contributed by atoms with E-state index in [-0.39, 0.29) is 10.7 Å². The standard InChI is InChI=1S/C10H7ClN2O2/c11-8-6-12-13(9(8)10(14)15)7-4-2-1-3-5-7/h1-6H,(H,14,15). The third-order valence-electron chi connectivity index (χ3n) is 1.93. The predicted octanol–water partition coefficient (Wildman–Crippen LogP) is 2.22. The van der Waals surface area contributed by atoms with Crippen LogP contribution >= 0.6 is 11.6 Å². The summed E-state index contributed by atoms with van der Waals surface area (Å²) < 4.78 is 1.30. The Hall–Kier alpha value is -1.81. The van der Waals surface area contributed by atoms with Crippen LogP contribution < -0.4 is 0 Å². The predicted molar refractivity (Wildman–Crippen MR) is 55.5 cm³/mol. The van der Waals surface area contributed by atoms with E-state index in [0.29, 0.717) is 5.69 Å². The van der Waals surface area contributed by atoms with E-state index in [4.69, 9.17) is 16.7 Å². The Morgan fingerprint density at radius 2 is 2.00 bits per heavy atom. The third-order valence-corrected chi connectivity index (χ3v) is 2.20. The fraction of sp³-hybridized carbons (Fsp3) is 0. The van der Waals surface area contributed by atoms with Gasteiger partial charge in [-0.2, -0.15) is 5.10 Å². The maximum Gasteiger partial charge on any atom is 0.356 e. The van der Waals surface area contributed by atoms with Gasteiger partial charge < -0.3 is 5.11 Å². The highest BCUT2D eigenvalue weighted by molar-refractivity contribution is 6.33. The molecule has 5 heteroatoms. The molecule has 1 aromatic carbocycles. The van der Waals surface area contributed by atoms with Gasteiger partial charge in [-0.25, -0.2) is 9.48 Å². The van der Waals surface area contributed by atoms with E-state index in [1.165, 1.54) is 10.9 Å². The molecule has 2 aromatic rings. The van der Waals surface area contributed by atoms with Crippen LogP contribution in [0, 0.1) is 0 Å². The van der Waals surface area contributed by atoms with E-state index < -0.39 is 5.97 Å². The van der Waals surface area contributed by atoms with Crippen LogP contribution in [0.25, 0.3) is 5.69 Å². The zero-order valence-corrected chi connectivity index (χ0v) is 8.35. The lowest BCUT2D eigenvalue weighted by Gasteiger charge is -2.03. The van der Waals surface area contributed by atoms with Crippen molar-refractivity contribution in [3.05, 3.63) is 47.2 Å². The second kappa shape index (κ2) is 3.74. The summed E-state index contributed by atoms with van der Waals surface area (Å²) in [4.78, 5) is 10.9. The van der Waals surface area contributed by atoms with Crippen molar-refractivity contribution in [3.63, 3.8) is 0 Å². The minimum absolute atomic E-state index is 0.0251. The molecule has 0 unspecified atom stereocenters. The van der Waals surface area contributed by atoms with Crippen molar-refractivity contribution in [1.29, 1.82) is 0 Å². The Labute approximate surface area is 90.7 Å². The minimum Gasteiger partial charge on any atom is -0.476 e. The summed E-state index contributed by atoms with van der Waals surface area (Å²) in [5, 5.41) is 13.0. The number of halogens is 1. The number of aromatic nitrogens is 2. The molecule has 2 rings (SSSR count). The SMILES string of the molecule is O=C(O)c1c(Cl)cnn1-c1ccccc1. The molecule has 0 aliphatic carbocycles. The fourth-order valence-electron chi connectivity index (χ4n) is 1.29. The van der Waals surface area contributed by atoms with Crippen molar-refractivity contribution in [3.8, 4) is 5.69 Å². The van der Waals surface area contributed by atoms with Crippen molar-refractivity contribution >= 4 is 17.6 Å². The van der Waals surface area contributed by atoms with Gasteiger partial charge in [0.2, 0.25) is 0 Å². The lowest BCUT2D eigenvalue weighted by Crippen LogP contribution is -2.08. The first-order valence-electron chi connectivity index (χ1n) is 4.22. The Bertz CT molecular complexity index is 493. The second-order valence-electron chi connectivity index (χ2n) is 2.89. The van der Waals surface area contributed by atoms with E-state index in [1.807, 2.05) is 6.07 Å². The number of hydrogen-bond acceptors (Lipinski definition) is 2. The minimum atomic E-state index is -1.10. The molecule has 0 saturated carbocycles. The van der Waals surface area contributed by atoms with Gasteiger partial charge in [0, 0.05) is 0 Å². The fourth-order valence-corrected chi connectivity index (χ4v) is 1.49. The van der Waals surface area contributed by atoms with Gasteiger partial charge in [-0.15, -0.1) is 0 Å². The van der Waals surface area contributed by atoms with Gasteiger partial charge in [-0.05, 0) is 12.1 Å². The summed E-state index contributed by atoms with van der Waals surface area (Å²) in [6, 6.07) is 8.97. The van der Waals surface area contributed by atoms with Gasteiger partial charge in [0.25, 0.3) is 0 Å². The number of hydrogen-bond donors (Lipinski definition) is 1. The number of aromatic carboxylic acids is 1. The molecular formula is C10H7ClN2O2. The number of para-hydroxylation sites is 1. The van der Waals surface area contributed by atoms with Crippen LogP contribution in [0.4, 0.5) is 0 Å². The Morgan fingerprint density at radius 1 is 1.33 bits per heavy atom. The van der Waals surface area contributed by atoms with Crippen molar-refractivity contribution in [2.24, 2.45) is 0 Å². The highest BCUT2D eigenvalue weighted by Gasteiger charge is 2.16. The zero-order valence-electron chi connectivity index (χ0n) is 7.59. The first kappa shape index (κ1) is 9.73. The van der Waals surface area contributed by atoms with Gasteiger partial charge in [0.05, 0.1) is 16.9 Å². The van der Waals surface area contributed by atoms with Crippen molar-refractivity contribution < 1.29 is 9.90 Å². The number of carbonyl (C=O) groups is 1. The highest BCUT2D eigenvalue weighted by atomic mass is 35.5. The van der Waals surface area contributed by atoms with E-state index in [0.717, 1.165) is 0 Å². The first-order chi connectivity index (χ1) is 7.20. The lowest BCUT2D eigenvalue weighted by molar-refractivity contribution is 0.0687. The molecule has 0 atom stereocenters. The zero-order chi connectivity index (χ0) is 10.8. The van der Waals surface area contributed by atoms with Crippen molar-refractivity contribution in [2.45, 2.75) is 0 Å². The maximum absolute atomic E-state index is 10.9. The van der Waals surface area contributed by atoms with Gasteiger partial charge in [-0.1, -0.05) is 29.8 Å². The molecule has 0 aliphatic rings. The van der Waals surface area contributed by atoms with E-state index in [9.17, 15) is 4.79 Å². The third kappa shape index (κ3) is 1.71. The number of rotatable bonds is 2. The smallest absolute Gasteiger partial charge is 0.356 e. The molecule has 0 radical (unpaired) electrons. The number of benzene rings is 1. The molecule has 15 heavy (non-hydrogen) atoms. The van der Waals surface area contributed by atoms with Gasteiger partial charge in [0.1, 0.15) is 0 Å². The molecule has 0 amide bonds. The highest BCUT2D eigenvalue weighted by Crippen LogP contribution is 2.18. The van der Waals surface area contributed by atoms with Gasteiger partial charge in [-0.3, -0.25) is 0 Å². The molecular weight excluding hydrogens is 216 g/mol. The Balaban J connectivity index is 2.59. The Morgan fingerprint density at radius 3 is 2.60 bits per heavy atom. The van der Waals surface area contributed by atoms with Crippen LogP contribution in [0.1, 0.15) is 10.5 Å². The summed E-state index contributed by atoms with van der Waals surface area (Å²) in [6.45, 7) is 0. The average Bonchev–Trinajstić information content (AvgIpc) is 2.61. The van der Waals surface area contributed by atoms with Gasteiger partial charge >= 0.3 is 5.97 Å². The van der Waals surface area contributed by atoms with Crippen LogP contribution in [0.3, 0.4) is 0 Å².